The van der Waals surface area contributed by atoms with Crippen LogP contribution in [0.3, 0.4) is 0 Å². The zero-order valence-corrected chi connectivity index (χ0v) is 15.8. The maximum Gasteiger partial charge on any atom is 0.135 e. The molecule has 0 unspecified atom stereocenters. The minimum Gasteiger partial charge on any atom is -0.372 e. The van der Waals surface area contributed by atoms with E-state index >= 15 is 0 Å². The number of hydrogen-bond acceptors (Lipinski definition) is 6. The van der Waals surface area contributed by atoms with Gasteiger partial charge in [0.1, 0.15) is 18.0 Å². The van der Waals surface area contributed by atoms with Crippen LogP contribution in [0.15, 0.2) is 36.7 Å². The first-order chi connectivity index (χ1) is 12.1. The molecule has 0 aliphatic carbocycles. The summed E-state index contributed by atoms with van der Waals surface area (Å²) in [5.74, 6) is 1.64. The molecule has 6 nitrogen and oxygen atoms in total. The topological polar surface area (TPSA) is 56.3 Å². The van der Waals surface area contributed by atoms with Crippen LogP contribution in [-0.4, -0.2) is 55.1 Å². The van der Waals surface area contributed by atoms with Crippen molar-refractivity contribution in [2.45, 2.75) is 20.3 Å². The molecule has 0 radical (unpaired) electrons. The van der Waals surface area contributed by atoms with E-state index in [4.69, 9.17) is 0 Å². The van der Waals surface area contributed by atoms with E-state index in [1.54, 1.807) is 6.33 Å². The third-order valence-corrected chi connectivity index (χ3v) is 4.02. The van der Waals surface area contributed by atoms with Crippen LogP contribution in [0.5, 0.6) is 0 Å². The van der Waals surface area contributed by atoms with Crippen molar-refractivity contribution in [1.82, 2.24) is 14.9 Å². The van der Waals surface area contributed by atoms with Gasteiger partial charge in [-0.3, -0.25) is 0 Å². The van der Waals surface area contributed by atoms with Crippen molar-refractivity contribution in [2.24, 2.45) is 0 Å². The van der Waals surface area contributed by atoms with Crippen LogP contribution >= 0.6 is 0 Å². The lowest BCUT2D eigenvalue weighted by atomic mass is 10.2. The Morgan fingerprint density at radius 1 is 0.960 bits per heavy atom. The molecule has 0 bridgehead atoms. The average Bonchev–Trinajstić information content (AvgIpc) is 2.61. The lowest BCUT2D eigenvalue weighted by molar-refractivity contribution is 0.405. The number of aromatic nitrogens is 2. The van der Waals surface area contributed by atoms with Crippen LogP contribution < -0.4 is 15.5 Å². The van der Waals surface area contributed by atoms with E-state index in [-0.39, 0.29) is 0 Å². The van der Waals surface area contributed by atoms with Crippen molar-refractivity contribution >= 4 is 23.0 Å². The Bertz CT molecular complexity index is 622. The first-order valence-corrected chi connectivity index (χ1v) is 8.95. The van der Waals surface area contributed by atoms with Gasteiger partial charge in [-0.2, -0.15) is 0 Å². The Kier molecular flexibility index (Phi) is 7.47. The van der Waals surface area contributed by atoms with Gasteiger partial charge in [0.15, 0.2) is 0 Å². The van der Waals surface area contributed by atoms with E-state index < -0.39 is 0 Å². The van der Waals surface area contributed by atoms with Crippen molar-refractivity contribution in [3.63, 3.8) is 0 Å². The van der Waals surface area contributed by atoms with Crippen LogP contribution in [0.4, 0.5) is 23.0 Å². The summed E-state index contributed by atoms with van der Waals surface area (Å²) in [6.07, 6.45) is 2.66. The van der Waals surface area contributed by atoms with Crippen molar-refractivity contribution < 1.29 is 0 Å². The van der Waals surface area contributed by atoms with E-state index in [0.717, 1.165) is 49.9 Å². The van der Waals surface area contributed by atoms with E-state index in [0.29, 0.717) is 0 Å². The Balaban J connectivity index is 1.92. The normalized spacial score (nSPS) is 10.8. The van der Waals surface area contributed by atoms with Gasteiger partial charge in [0.25, 0.3) is 0 Å². The summed E-state index contributed by atoms with van der Waals surface area (Å²) in [5, 5.41) is 6.68. The average molecular weight is 342 g/mol. The van der Waals surface area contributed by atoms with E-state index in [2.05, 4.69) is 82.6 Å². The standard InChI is InChI=1S/C19H30N6/c1-5-25(6-2)17-10-8-16(9-11-17)23-19-14-18(21-15-22-19)20-12-7-13-24(3)4/h8-11,14-15H,5-7,12-13H2,1-4H3,(H2,20,21,22,23). The third-order valence-electron chi connectivity index (χ3n) is 4.02. The largest absolute Gasteiger partial charge is 0.372 e. The van der Waals surface area contributed by atoms with Crippen LogP contribution in [0, 0.1) is 0 Å². The summed E-state index contributed by atoms with van der Waals surface area (Å²) >= 11 is 0. The van der Waals surface area contributed by atoms with E-state index in [1.807, 2.05) is 6.07 Å². The molecule has 0 aliphatic rings. The summed E-state index contributed by atoms with van der Waals surface area (Å²) < 4.78 is 0. The van der Waals surface area contributed by atoms with E-state index in [9.17, 15) is 0 Å². The SMILES string of the molecule is CCN(CC)c1ccc(Nc2cc(NCCCN(C)C)ncn2)cc1. The van der Waals surface area contributed by atoms with Gasteiger partial charge in [-0.05, 0) is 65.2 Å². The summed E-state index contributed by atoms with van der Waals surface area (Å²) in [7, 11) is 4.16. The molecule has 1 aromatic carbocycles. The van der Waals surface area contributed by atoms with Gasteiger partial charge in [-0.15, -0.1) is 0 Å². The number of anilines is 4. The molecule has 1 heterocycles. The first-order valence-electron chi connectivity index (χ1n) is 8.95. The van der Waals surface area contributed by atoms with Gasteiger partial charge in [0, 0.05) is 37.1 Å². The van der Waals surface area contributed by atoms with Crippen LogP contribution in [-0.2, 0) is 0 Å². The Morgan fingerprint density at radius 3 is 2.28 bits per heavy atom. The minimum atomic E-state index is 0.792. The predicted molar refractivity (Wildman–Crippen MR) is 107 cm³/mol. The Hall–Kier alpha value is -2.34. The van der Waals surface area contributed by atoms with Crippen molar-refractivity contribution in [1.29, 1.82) is 0 Å². The second-order valence-corrected chi connectivity index (χ2v) is 6.22. The number of benzene rings is 1. The predicted octanol–water partition coefficient (Wildman–Crippen LogP) is 3.43. The number of hydrogen-bond donors (Lipinski definition) is 2. The van der Waals surface area contributed by atoms with Gasteiger partial charge < -0.3 is 20.4 Å². The molecule has 25 heavy (non-hydrogen) atoms. The van der Waals surface area contributed by atoms with Gasteiger partial charge in [0.05, 0.1) is 0 Å². The number of nitrogens with one attached hydrogen (secondary N) is 2. The fourth-order valence-electron chi connectivity index (χ4n) is 2.63. The molecule has 0 atom stereocenters. The molecule has 0 fully saturated rings. The molecule has 2 aromatic rings. The van der Waals surface area contributed by atoms with Gasteiger partial charge >= 0.3 is 0 Å². The maximum absolute atomic E-state index is 4.30. The highest BCUT2D eigenvalue weighted by Gasteiger charge is 2.03. The fourth-order valence-corrected chi connectivity index (χ4v) is 2.63. The third kappa shape index (κ3) is 6.23. The highest BCUT2D eigenvalue weighted by atomic mass is 15.1. The molecular formula is C19H30N6. The zero-order chi connectivity index (χ0) is 18.1. The first kappa shape index (κ1) is 19.0. The van der Waals surface area contributed by atoms with Crippen LogP contribution in [0.1, 0.15) is 20.3 Å². The van der Waals surface area contributed by atoms with Gasteiger partial charge in [-0.1, -0.05) is 0 Å². The molecule has 2 rings (SSSR count). The second kappa shape index (κ2) is 9.84. The molecule has 0 saturated carbocycles. The molecule has 6 heteroatoms. The lowest BCUT2D eigenvalue weighted by Crippen LogP contribution is -2.21. The summed E-state index contributed by atoms with van der Waals surface area (Å²) in [6, 6.07) is 10.4. The smallest absolute Gasteiger partial charge is 0.135 e. The molecular weight excluding hydrogens is 312 g/mol. The molecule has 0 spiro atoms. The second-order valence-electron chi connectivity index (χ2n) is 6.22. The summed E-state index contributed by atoms with van der Waals surface area (Å²) in [6.45, 7) is 8.32. The zero-order valence-electron chi connectivity index (χ0n) is 15.8. The monoisotopic (exact) mass is 342 g/mol. The minimum absolute atomic E-state index is 0.792. The molecule has 0 aliphatic heterocycles. The van der Waals surface area contributed by atoms with Crippen molar-refractivity contribution in [3.05, 3.63) is 36.7 Å². The van der Waals surface area contributed by atoms with Crippen molar-refractivity contribution in [2.75, 3.05) is 55.8 Å². The molecule has 136 valence electrons. The Morgan fingerprint density at radius 2 is 1.64 bits per heavy atom. The molecule has 1 aromatic heterocycles. The fraction of sp³-hybridized carbons (Fsp3) is 0.474. The quantitative estimate of drug-likeness (QED) is 0.645. The van der Waals surface area contributed by atoms with Gasteiger partial charge in [0.2, 0.25) is 0 Å². The van der Waals surface area contributed by atoms with E-state index in [1.165, 1.54) is 5.69 Å². The van der Waals surface area contributed by atoms with Crippen LogP contribution in [0.2, 0.25) is 0 Å². The lowest BCUT2D eigenvalue weighted by Gasteiger charge is -2.21. The molecule has 0 saturated heterocycles. The highest BCUT2D eigenvalue weighted by Crippen LogP contribution is 2.21. The van der Waals surface area contributed by atoms with Crippen molar-refractivity contribution in [3.8, 4) is 0 Å². The maximum atomic E-state index is 4.30. The number of nitrogens with zero attached hydrogens (tertiary/aromatic N) is 4. The summed E-state index contributed by atoms with van der Waals surface area (Å²) in [4.78, 5) is 13.1. The molecule has 2 N–H and O–H groups in total. The molecule has 0 amide bonds. The Labute approximate surface area is 151 Å². The van der Waals surface area contributed by atoms with Gasteiger partial charge in [-0.25, -0.2) is 9.97 Å². The summed E-state index contributed by atoms with van der Waals surface area (Å²) in [5.41, 5.74) is 2.26. The number of rotatable bonds is 10. The van der Waals surface area contributed by atoms with Crippen LogP contribution in [0.25, 0.3) is 0 Å². The highest BCUT2D eigenvalue weighted by molar-refractivity contribution is 5.62.